The maximum atomic E-state index is 10.4. The highest BCUT2D eigenvalue weighted by Crippen LogP contribution is 2.42. The van der Waals surface area contributed by atoms with Crippen LogP contribution in [0, 0.1) is 5.41 Å². The van der Waals surface area contributed by atoms with Crippen LogP contribution < -0.4 is 10.6 Å². The van der Waals surface area contributed by atoms with E-state index in [0.29, 0.717) is 18.3 Å². The standard InChI is InChI=1S/C16H27N3O3/c1-15(2)11(9-13(15)21-5)19-14(17-4)18-10-16(3,20)12-7-6-8-22-12/h6-8,11,13,20H,9-10H2,1-5H3,(H2,17,18,19). The van der Waals surface area contributed by atoms with Gasteiger partial charge in [-0.25, -0.2) is 0 Å². The number of rotatable bonds is 5. The number of aliphatic hydroxyl groups is 1. The normalized spacial score (nSPS) is 26.9. The molecule has 3 N–H and O–H groups in total. The van der Waals surface area contributed by atoms with Crippen LogP contribution in [0.3, 0.4) is 0 Å². The van der Waals surface area contributed by atoms with E-state index in [4.69, 9.17) is 9.15 Å². The number of methoxy groups -OCH3 is 1. The third-order valence-electron chi connectivity index (χ3n) is 4.65. The van der Waals surface area contributed by atoms with Gasteiger partial charge in [0.25, 0.3) is 0 Å². The quantitative estimate of drug-likeness (QED) is 0.567. The molecule has 0 spiro atoms. The largest absolute Gasteiger partial charge is 0.466 e. The molecule has 3 atom stereocenters. The first-order valence-electron chi connectivity index (χ1n) is 7.57. The van der Waals surface area contributed by atoms with E-state index in [9.17, 15) is 5.11 Å². The molecule has 124 valence electrons. The summed E-state index contributed by atoms with van der Waals surface area (Å²) in [6, 6.07) is 3.81. The van der Waals surface area contributed by atoms with Gasteiger partial charge in [-0.2, -0.15) is 0 Å². The zero-order chi connectivity index (χ0) is 16.4. The predicted octanol–water partition coefficient (Wildman–Crippen LogP) is 1.47. The first-order chi connectivity index (χ1) is 10.3. The van der Waals surface area contributed by atoms with Crippen molar-refractivity contribution in [2.24, 2.45) is 10.4 Å². The fraction of sp³-hybridized carbons (Fsp3) is 0.688. The summed E-state index contributed by atoms with van der Waals surface area (Å²) in [7, 11) is 3.46. The maximum Gasteiger partial charge on any atom is 0.191 e. The molecule has 22 heavy (non-hydrogen) atoms. The molecule has 1 fully saturated rings. The fourth-order valence-electron chi connectivity index (χ4n) is 2.82. The van der Waals surface area contributed by atoms with Crippen LogP contribution in [0.15, 0.2) is 27.8 Å². The Hall–Kier alpha value is -1.53. The van der Waals surface area contributed by atoms with Gasteiger partial charge in [-0.05, 0) is 25.5 Å². The molecular weight excluding hydrogens is 282 g/mol. The first-order valence-corrected chi connectivity index (χ1v) is 7.57. The van der Waals surface area contributed by atoms with Crippen molar-refractivity contribution in [3.8, 4) is 0 Å². The molecular formula is C16H27N3O3. The van der Waals surface area contributed by atoms with Crippen molar-refractivity contribution in [1.29, 1.82) is 0 Å². The third-order valence-corrected chi connectivity index (χ3v) is 4.65. The average Bonchev–Trinajstić information content (AvgIpc) is 3.01. The second-order valence-corrected chi connectivity index (χ2v) is 6.66. The van der Waals surface area contributed by atoms with Crippen molar-refractivity contribution in [3.05, 3.63) is 24.2 Å². The number of nitrogens with one attached hydrogen (secondary N) is 2. The SMILES string of the molecule is CN=C(NCC(C)(O)c1ccco1)NC1CC(OC)C1(C)C. The number of furan rings is 1. The molecule has 6 nitrogen and oxygen atoms in total. The van der Waals surface area contributed by atoms with Gasteiger partial charge in [0.15, 0.2) is 5.96 Å². The number of ether oxygens (including phenoxy) is 1. The van der Waals surface area contributed by atoms with Crippen molar-refractivity contribution in [2.75, 3.05) is 20.7 Å². The Morgan fingerprint density at radius 3 is 2.82 bits per heavy atom. The summed E-state index contributed by atoms with van der Waals surface area (Å²) in [5.41, 5.74) is -1.04. The molecule has 1 aliphatic rings. The summed E-state index contributed by atoms with van der Waals surface area (Å²) in [5.74, 6) is 1.19. The summed E-state index contributed by atoms with van der Waals surface area (Å²) in [6.07, 6.45) is 2.76. The molecule has 1 aromatic heterocycles. The molecule has 0 aromatic carbocycles. The molecule has 1 aliphatic carbocycles. The summed E-state index contributed by atoms with van der Waals surface area (Å²) in [6.45, 7) is 6.37. The highest BCUT2D eigenvalue weighted by molar-refractivity contribution is 5.80. The van der Waals surface area contributed by atoms with Crippen molar-refractivity contribution in [2.45, 2.75) is 44.9 Å². The first kappa shape index (κ1) is 16.8. The van der Waals surface area contributed by atoms with Gasteiger partial charge in [-0.1, -0.05) is 13.8 Å². The minimum Gasteiger partial charge on any atom is -0.466 e. The number of nitrogens with zero attached hydrogens (tertiary/aromatic N) is 1. The Balaban J connectivity index is 1.89. The van der Waals surface area contributed by atoms with Gasteiger partial charge in [0.2, 0.25) is 0 Å². The molecule has 0 radical (unpaired) electrons. The van der Waals surface area contributed by atoms with E-state index in [1.807, 2.05) is 0 Å². The highest BCUT2D eigenvalue weighted by Gasteiger charge is 2.49. The van der Waals surface area contributed by atoms with Gasteiger partial charge in [-0.3, -0.25) is 4.99 Å². The average molecular weight is 309 g/mol. The molecule has 0 saturated heterocycles. The minimum atomic E-state index is -1.09. The zero-order valence-corrected chi connectivity index (χ0v) is 14.0. The molecule has 3 unspecified atom stereocenters. The Labute approximate surface area is 132 Å². The van der Waals surface area contributed by atoms with Gasteiger partial charge in [-0.15, -0.1) is 0 Å². The predicted molar refractivity (Wildman–Crippen MR) is 85.8 cm³/mol. The Morgan fingerprint density at radius 1 is 1.59 bits per heavy atom. The van der Waals surface area contributed by atoms with E-state index in [0.717, 1.165) is 6.42 Å². The summed E-state index contributed by atoms with van der Waals surface area (Å²) >= 11 is 0. The van der Waals surface area contributed by atoms with E-state index in [-0.39, 0.29) is 17.6 Å². The lowest BCUT2D eigenvalue weighted by molar-refractivity contribution is -0.0923. The maximum absolute atomic E-state index is 10.4. The van der Waals surface area contributed by atoms with Gasteiger partial charge in [0.05, 0.1) is 18.9 Å². The molecule has 1 aromatic rings. The van der Waals surface area contributed by atoms with Crippen LogP contribution in [0.4, 0.5) is 0 Å². The van der Waals surface area contributed by atoms with E-state index < -0.39 is 5.60 Å². The minimum absolute atomic E-state index is 0.0515. The van der Waals surface area contributed by atoms with E-state index in [1.54, 1.807) is 39.5 Å². The van der Waals surface area contributed by atoms with Crippen LogP contribution in [0.25, 0.3) is 0 Å². The van der Waals surface area contributed by atoms with Crippen LogP contribution in [-0.2, 0) is 10.3 Å². The molecule has 2 rings (SSSR count). The van der Waals surface area contributed by atoms with Gasteiger partial charge in [0, 0.05) is 25.6 Å². The molecule has 1 heterocycles. The number of hydrogen-bond acceptors (Lipinski definition) is 4. The van der Waals surface area contributed by atoms with E-state index in [2.05, 4.69) is 29.5 Å². The van der Waals surface area contributed by atoms with E-state index >= 15 is 0 Å². The lowest BCUT2D eigenvalue weighted by Gasteiger charge is -2.51. The monoisotopic (exact) mass is 309 g/mol. The molecule has 0 aliphatic heterocycles. The van der Waals surface area contributed by atoms with Gasteiger partial charge < -0.3 is 24.9 Å². The third kappa shape index (κ3) is 3.28. The molecule has 0 amide bonds. The molecule has 6 heteroatoms. The number of aliphatic imine (C=N–C) groups is 1. The van der Waals surface area contributed by atoms with Crippen LogP contribution in [0.1, 0.15) is 33.0 Å². The Morgan fingerprint density at radius 2 is 2.32 bits per heavy atom. The highest BCUT2D eigenvalue weighted by atomic mass is 16.5. The van der Waals surface area contributed by atoms with Crippen molar-refractivity contribution in [3.63, 3.8) is 0 Å². The van der Waals surface area contributed by atoms with Crippen molar-refractivity contribution < 1.29 is 14.3 Å². The van der Waals surface area contributed by atoms with Crippen LogP contribution in [-0.4, -0.2) is 43.9 Å². The topological polar surface area (TPSA) is 79.0 Å². The van der Waals surface area contributed by atoms with Crippen LogP contribution in [0.5, 0.6) is 0 Å². The van der Waals surface area contributed by atoms with Crippen LogP contribution in [0.2, 0.25) is 0 Å². The summed E-state index contributed by atoms with van der Waals surface area (Å²) < 4.78 is 10.7. The van der Waals surface area contributed by atoms with Crippen LogP contribution >= 0.6 is 0 Å². The Kier molecular flexibility index (Phi) is 4.82. The fourth-order valence-corrected chi connectivity index (χ4v) is 2.82. The van der Waals surface area contributed by atoms with Gasteiger partial charge >= 0.3 is 0 Å². The lowest BCUT2D eigenvalue weighted by Crippen LogP contribution is -2.63. The zero-order valence-electron chi connectivity index (χ0n) is 14.0. The van der Waals surface area contributed by atoms with Gasteiger partial charge in [0.1, 0.15) is 11.4 Å². The smallest absolute Gasteiger partial charge is 0.191 e. The number of hydrogen-bond donors (Lipinski definition) is 3. The summed E-state index contributed by atoms with van der Waals surface area (Å²) in [4.78, 5) is 4.22. The van der Waals surface area contributed by atoms with Crippen molar-refractivity contribution >= 4 is 5.96 Å². The summed E-state index contributed by atoms with van der Waals surface area (Å²) in [5, 5.41) is 17.0. The Bertz CT molecular complexity index is 509. The second kappa shape index (κ2) is 6.30. The number of guanidine groups is 1. The van der Waals surface area contributed by atoms with E-state index in [1.165, 1.54) is 0 Å². The second-order valence-electron chi connectivity index (χ2n) is 6.66. The molecule has 0 bridgehead atoms. The van der Waals surface area contributed by atoms with Crippen molar-refractivity contribution in [1.82, 2.24) is 10.6 Å². The lowest BCUT2D eigenvalue weighted by atomic mass is 9.64. The molecule has 1 saturated carbocycles.